The molecule has 3 unspecified atom stereocenters. The first-order chi connectivity index (χ1) is 8.59. The van der Waals surface area contributed by atoms with E-state index in [1.807, 2.05) is 0 Å². The smallest absolute Gasteiger partial charge is 0.0334 e. The van der Waals surface area contributed by atoms with Gasteiger partial charge >= 0.3 is 0 Å². The lowest BCUT2D eigenvalue weighted by molar-refractivity contribution is 0.000174. The molecule has 0 saturated heterocycles. The van der Waals surface area contributed by atoms with Crippen LogP contribution in [0, 0.1) is 11.8 Å². The van der Waals surface area contributed by atoms with E-state index in [0.29, 0.717) is 5.54 Å². The van der Waals surface area contributed by atoms with E-state index in [4.69, 9.17) is 5.73 Å². The number of hydrogen-bond donors (Lipinski definition) is 1. The summed E-state index contributed by atoms with van der Waals surface area (Å²) < 4.78 is 0. The number of nitrogens with zero attached hydrogens (tertiary/aromatic N) is 1. The molecule has 0 bridgehead atoms. The van der Waals surface area contributed by atoms with E-state index in [-0.39, 0.29) is 0 Å². The Morgan fingerprint density at radius 2 is 1.72 bits per heavy atom. The highest BCUT2D eigenvalue weighted by Crippen LogP contribution is 2.41. The Morgan fingerprint density at radius 1 is 1.06 bits per heavy atom. The SMILES string of the molecule is CC1CCC(CN)(N(C)C2CCCCC2)CC1C. The Bertz CT molecular complexity index is 260. The lowest BCUT2D eigenvalue weighted by atomic mass is 9.69. The van der Waals surface area contributed by atoms with Gasteiger partial charge in [0.15, 0.2) is 0 Å². The van der Waals surface area contributed by atoms with Crippen LogP contribution in [0.3, 0.4) is 0 Å². The third-order valence-corrected chi connectivity index (χ3v) is 5.99. The Balaban J connectivity index is 2.06. The molecule has 2 N–H and O–H groups in total. The van der Waals surface area contributed by atoms with Gasteiger partial charge in [0.25, 0.3) is 0 Å². The fourth-order valence-electron chi connectivity index (χ4n) is 4.19. The summed E-state index contributed by atoms with van der Waals surface area (Å²) >= 11 is 0. The highest BCUT2D eigenvalue weighted by Gasteiger charge is 2.42. The van der Waals surface area contributed by atoms with Crippen molar-refractivity contribution in [2.45, 2.75) is 76.8 Å². The first-order valence-corrected chi connectivity index (χ1v) is 8.02. The maximum Gasteiger partial charge on any atom is 0.0334 e. The minimum atomic E-state index is 0.300. The quantitative estimate of drug-likeness (QED) is 0.834. The Morgan fingerprint density at radius 3 is 2.28 bits per heavy atom. The minimum absolute atomic E-state index is 0.300. The number of hydrogen-bond acceptors (Lipinski definition) is 2. The van der Waals surface area contributed by atoms with Gasteiger partial charge in [-0.3, -0.25) is 4.90 Å². The average Bonchev–Trinajstić information content (AvgIpc) is 2.42. The van der Waals surface area contributed by atoms with Crippen molar-refractivity contribution in [2.75, 3.05) is 13.6 Å². The fraction of sp³-hybridized carbons (Fsp3) is 1.00. The molecule has 0 spiro atoms. The van der Waals surface area contributed by atoms with Gasteiger partial charge in [-0.1, -0.05) is 33.1 Å². The summed E-state index contributed by atoms with van der Waals surface area (Å²) in [4.78, 5) is 2.69. The fourth-order valence-corrected chi connectivity index (χ4v) is 4.19. The Kier molecular flexibility index (Phi) is 4.71. The van der Waals surface area contributed by atoms with Crippen molar-refractivity contribution in [3.8, 4) is 0 Å². The van der Waals surface area contributed by atoms with Crippen LogP contribution in [0.5, 0.6) is 0 Å². The molecule has 0 aromatic carbocycles. The van der Waals surface area contributed by atoms with Gasteiger partial charge in [0.1, 0.15) is 0 Å². The molecule has 106 valence electrons. The van der Waals surface area contributed by atoms with Crippen molar-refractivity contribution in [1.29, 1.82) is 0 Å². The summed E-state index contributed by atoms with van der Waals surface area (Å²) in [5.41, 5.74) is 6.51. The van der Waals surface area contributed by atoms with Crippen LogP contribution in [0.4, 0.5) is 0 Å². The summed E-state index contributed by atoms with van der Waals surface area (Å²) in [6.45, 7) is 5.67. The minimum Gasteiger partial charge on any atom is -0.329 e. The van der Waals surface area contributed by atoms with Crippen LogP contribution < -0.4 is 5.73 Å². The molecule has 2 fully saturated rings. The highest BCUT2D eigenvalue weighted by atomic mass is 15.2. The molecule has 18 heavy (non-hydrogen) atoms. The zero-order valence-electron chi connectivity index (χ0n) is 12.6. The molecule has 2 heteroatoms. The first kappa shape index (κ1) is 14.3. The predicted molar refractivity (Wildman–Crippen MR) is 78.6 cm³/mol. The maximum absolute atomic E-state index is 6.21. The molecule has 2 aliphatic carbocycles. The third-order valence-electron chi connectivity index (χ3n) is 5.99. The van der Waals surface area contributed by atoms with Gasteiger partial charge < -0.3 is 5.73 Å². The normalized spacial score (nSPS) is 39.2. The molecular weight excluding hydrogens is 220 g/mol. The molecule has 0 heterocycles. The molecule has 0 aromatic rings. The zero-order valence-corrected chi connectivity index (χ0v) is 12.6. The molecule has 0 aliphatic heterocycles. The molecule has 3 atom stereocenters. The van der Waals surface area contributed by atoms with Gasteiger partial charge in [-0.2, -0.15) is 0 Å². The van der Waals surface area contributed by atoms with Gasteiger partial charge in [-0.25, -0.2) is 0 Å². The van der Waals surface area contributed by atoms with Gasteiger partial charge in [-0.05, 0) is 51.0 Å². The van der Waals surface area contributed by atoms with Gasteiger partial charge in [0.2, 0.25) is 0 Å². The lowest BCUT2D eigenvalue weighted by Crippen LogP contribution is -2.59. The number of rotatable bonds is 3. The van der Waals surface area contributed by atoms with Crippen molar-refractivity contribution in [1.82, 2.24) is 4.90 Å². The van der Waals surface area contributed by atoms with Gasteiger partial charge in [0, 0.05) is 18.1 Å². The second-order valence-electron chi connectivity index (χ2n) is 7.03. The van der Waals surface area contributed by atoms with Gasteiger partial charge in [-0.15, -0.1) is 0 Å². The molecule has 2 nitrogen and oxygen atoms in total. The van der Waals surface area contributed by atoms with Crippen LogP contribution in [0.25, 0.3) is 0 Å². The van der Waals surface area contributed by atoms with Gasteiger partial charge in [0.05, 0.1) is 0 Å². The molecule has 0 amide bonds. The van der Waals surface area contributed by atoms with Crippen molar-refractivity contribution >= 4 is 0 Å². The lowest BCUT2D eigenvalue weighted by Gasteiger charge is -2.51. The first-order valence-electron chi connectivity index (χ1n) is 8.02. The van der Waals surface area contributed by atoms with Crippen molar-refractivity contribution in [3.63, 3.8) is 0 Å². The zero-order chi connectivity index (χ0) is 13.2. The van der Waals surface area contributed by atoms with Crippen LogP contribution >= 0.6 is 0 Å². The number of likely N-dealkylation sites (N-methyl/N-ethyl adjacent to an activating group) is 1. The monoisotopic (exact) mass is 252 g/mol. The predicted octanol–water partition coefficient (Wildman–Crippen LogP) is 3.40. The van der Waals surface area contributed by atoms with E-state index in [1.54, 1.807) is 0 Å². The molecule has 2 aliphatic rings. The summed E-state index contributed by atoms with van der Waals surface area (Å²) in [7, 11) is 2.35. The summed E-state index contributed by atoms with van der Waals surface area (Å²) in [5, 5.41) is 0. The summed E-state index contributed by atoms with van der Waals surface area (Å²) in [6, 6.07) is 0.794. The van der Waals surface area contributed by atoms with E-state index >= 15 is 0 Å². The molecule has 2 rings (SSSR count). The van der Waals surface area contributed by atoms with E-state index in [0.717, 1.165) is 24.4 Å². The molecule has 0 aromatic heterocycles. The highest BCUT2D eigenvalue weighted by molar-refractivity contribution is 4.98. The third kappa shape index (κ3) is 2.75. The maximum atomic E-state index is 6.21. The van der Waals surface area contributed by atoms with E-state index in [2.05, 4.69) is 25.8 Å². The van der Waals surface area contributed by atoms with Crippen molar-refractivity contribution < 1.29 is 0 Å². The Labute approximate surface area is 113 Å². The van der Waals surface area contributed by atoms with Crippen LogP contribution in [0.15, 0.2) is 0 Å². The average molecular weight is 252 g/mol. The summed E-state index contributed by atoms with van der Waals surface area (Å²) in [6.07, 6.45) is 11.0. The molecule has 0 radical (unpaired) electrons. The van der Waals surface area contributed by atoms with E-state index in [9.17, 15) is 0 Å². The second-order valence-corrected chi connectivity index (χ2v) is 7.03. The van der Waals surface area contributed by atoms with Crippen molar-refractivity contribution in [2.24, 2.45) is 17.6 Å². The Hall–Kier alpha value is -0.0800. The van der Waals surface area contributed by atoms with E-state index < -0.39 is 0 Å². The van der Waals surface area contributed by atoms with Crippen LogP contribution in [0.2, 0.25) is 0 Å². The standard InChI is InChI=1S/C16H32N2/c1-13-9-10-16(12-17,11-14(13)2)18(3)15-7-5-4-6-8-15/h13-15H,4-12,17H2,1-3H3. The van der Waals surface area contributed by atoms with Crippen molar-refractivity contribution in [3.05, 3.63) is 0 Å². The largest absolute Gasteiger partial charge is 0.329 e. The molecule has 2 saturated carbocycles. The summed E-state index contributed by atoms with van der Waals surface area (Å²) in [5.74, 6) is 1.71. The number of nitrogens with two attached hydrogens (primary N) is 1. The second kappa shape index (κ2) is 5.92. The van der Waals surface area contributed by atoms with Crippen LogP contribution in [0.1, 0.15) is 65.2 Å². The van der Waals surface area contributed by atoms with Crippen LogP contribution in [-0.2, 0) is 0 Å². The van der Waals surface area contributed by atoms with E-state index in [1.165, 1.54) is 51.4 Å². The van der Waals surface area contributed by atoms with Crippen LogP contribution in [-0.4, -0.2) is 30.1 Å². The topological polar surface area (TPSA) is 29.3 Å². The molecular formula is C16H32N2.